The van der Waals surface area contributed by atoms with Crippen LogP contribution >= 0.6 is 0 Å². The van der Waals surface area contributed by atoms with Gasteiger partial charge >= 0.3 is 0 Å². The first-order chi connectivity index (χ1) is 14.4. The fourth-order valence-corrected chi connectivity index (χ4v) is 5.92. The molecule has 8 heteroatoms. The van der Waals surface area contributed by atoms with Crippen molar-refractivity contribution in [1.82, 2.24) is 9.21 Å². The van der Waals surface area contributed by atoms with Crippen molar-refractivity contribution < 1.29 is 13.2 Å². The summed E-state index contributed by atoms with van der Waals surface area (Å²) in [6.07, 6.45) is 3.67. The monoisotopic (exact) mass is 432 g/mol. The summed E-state index contributed by atoms with van der Waals surface area (Å²) >= 11 is 0. The van der Waals surface area contributed by atoms with Crippen LogP contribution < -0.4 is 4.90 Å². The van der Waals surface area contributed by atoms with Crippen molar-refractivity contribution in [3.63, 3.8) is 0 Å². The third-order valence-corrected chi connectivity index (χ3v) is 8.08. The number of benzene rings is 1. The van der Waals surface area contributed by atoms with Gasteiger partial charge in [0.2, 0.25) is 15.9 Å². The molecule has 2 aliphatic heterocycles. The average Bonchev–Trinajstić information content (AvgIpc) is 3.04. The first kappa shape index (κ1) is 22.6. The summed E-state index contributed by atoms with van der Waals surface area (Å²) in [5.74, 6) is 0.297. The van der Waals surface area contributed by atoms with Gasteiger partial charge in [0.15, 0.2) is 0 Å². The Kier molecular flexibility index (Phi) is 7.73. The molecule has 2 aliphatic rings. The molecule has 0 aromatic heterocycles. The first-order valence-corrected chi connectivity index (χ1v) is 12.6. The Labute approximate surface area is 180 Å². The lowest BCUT2D eigenvalue weighted by molar-refractivity contribution is -0.136. The molecule has 30 heavy (non-hydrogen) atoms. The van der Waals surface area contributed by atoms with E-state index < -0.39 is 10.0 Å². The topological polar surface area (TPSA) is 84.7 Å². The molecule has 0 bridgehead atoms. The number of nitriles is 1. The van der Waals surface area contributed by atoms with Gasteiger partial charge in [-0.2, -0.15) is 5.26 Å². The normalized spacial score (nSPS) is 19.3. The second-order valence-corrected chi connectivity index (χ2v) is 10.3. The number of hydrogen-bond acceptors (Lipinski definition) is 5. The Morgan fingerprint density at radius 2 is 1.77 bits per heavy atom. The van der Waals surface area contributed by atoms with E-state index in [0.717, 1.165) is 38.2 Å². The Balaban J connectivity index is 1.52. The van der Waals surface area contributed by atoms with Crippen LogP contribution in [0.25, 0.3) is 0 Å². The average molecular weight is 433 g/mol. The third kappa shape index (κ3) is 5.52. The Morgan fingerprint density at radius 1 is 1.07 bits per heavy atom. The van der Waals surface area contributed by atoms with E-state index in [1.165, 1.54) is 0 Å². The van der Waals surface area contributed by atoms with Crippen LogP contribution in [0.2, 0.25) is 0 Å². The van der Waals surface area contributed by atoms with Crippen molar-refractivity contribution >= 4 is 21.6 Å². The van der Waals surface area contributed by atoms with Crippen LogP contribution in [0.1, 0.15) is 44.6 Å². The molecule has 0 unspecified atom stereocenters. The summed E-state index contributed by atoms with van der Waals surface area (Å²) in [4.78, 5) is 17.3. The van der Waals surface area contributed by atoms with Gasteiger partial charge in [-0.3, -0.25) is 4.79 Å². The molecule has 3 rings (SSSR count). The van der Waals surface area contributed by atoms with Crippen LogP contribution in [0.4, 0.5) is 5.69 Å². The minimum atomic E-state index is -3.19. The van der Waals surface area contributed by atoms with Gasteiger partial charge in [0.1, 0.15) is 0 Å². The van der Waals surface area contributed by atoms with Gasteiger partial charge in [0, 0.05) is 50.9 Å². The van der Waals surface area contributed by atoms with Gasteiger partial charge in [-0.25, -0.2) is 12.7 Å². The standard InChI is InChI=1S/C22H32N4O3S/c1-2-3-17-30(28,29)26-13-9-20(10-14-26)22(27)25-12-4-11-24(15-16-25)21-7-5-19(18-23)6-8-21/h5-8,20H,2-4,9-17H2,1H3. The molecule has 1 aromatic carbocycles. The highest BCUT2D eigenvalue weighted by atomic mass is 32.2. The maximum Gasteiger partial charge on any atom is 0.225 e. The summed E-state index contributed by atoms with van der Waals surface area (Å²) in [6, 6.07) is 9.71. The number of piperidine rings is 1. The number of anilines is 1. The molecule has 7 nitrogen and oxygen atoms in total. The number of amides is 1. The SMILES string of the molecule is CCCCS(=O)(=O)N1CCC(C(=O)N2CCCN(c3ccc(C#N)cc3)CC2)CC1. The number of sulfonamides is 1. The third-order valence-electron chi connectivity index (χ3n) is 6.12. The molecule has 1 amide bonds. The van der Waals surface area contributed by atoms with Crippen molar-refractivity contribution in [1.29, 1.82) is 5.26 Å². The molecule has 0 saturated carbocycles. The lowest BCUT2D eigenvalue weighted by Gasteiger charge is -2.33. The molecule has 2 heterocycles. The van der Waals surface area contributed by atoms with Gasteiger partial charge in [0.05, 0.1) is 17.4 Å². The van der Waals surface area contributed by atoms with Crippen molar-refractivity contribution in [2.75, 3.05) is 49.9 Å². The van der Waals surface area contributed by atoms with E-state index in [1.807, 2.05) is 36.1 Å². The molecule has 2 saturated heterocycles. The van der Waals surface area contributed by atoms with Crippen LogP contribution in [-0.2, 0) is 14.8 Å². The van der Waals surface area contributed by atoms with E-state index in [9.17, 15) is 13.2 Å². The van der Waals surface area contributed by atoms with E-state index in [1.54, 1.807) is 4.31 Å². The van der Waals surface area contributed by atoms with E-state index >= 15 is 0 Å². The molecule has 0 N–H and O–H groups in total. The van der Waals surface area contributed by atoms with Crippen molar-refractivity contribution in [2.24, 2.45) is 5.92 Å². The van der Waals surface area contributed by atoms with Gasteiger partial charge in [0.25, 0.3) is 0 Å². The summed E-state index contributed by atoms with van der Waals surface area (Å²) in [5, 5.41) is 8.96. The number of rotatable bonds is 6. The van der Waals surface area contributed by atoms with Crippen LogP contribution in [0.5, 0.6) is 0 Å². The van der Waals surface area contributed by atoms with E-state index in [-0.39, 0.29) is 17.6 Å². The second kappa shape index (κ2) is 10.3. The van der Waals surface area contributed by atoms with Crippen molar-refractivity contribution in [2.45, 2.75) is 39.0 Å². The lowest BCUT2D eigenvalue weighted by atomic mass is 9.96. The Bertz CT molecular complexity index is 855. The van der Waals surface area contributed by atoms with Crippen LogP contribution in [0.3, 0.4) is 0 Å². The van der Waals surface area contributed by atoms with Crippen LogP contribution in [0.15, 0.2) is 24.3 Å². The number of carbonyl (C=O) groups excluding carboxylic acids is 1. The molecule has 1 aromatic rings. The predicted octanol–water partition coefficient (Wildman–Crippen LogP) is 2.44. The quantitative estimate of drug-likeness (QED) is 0.689. The number of carbonyl (C=O) groups is 1. The fraction of sp³-hybridized carbons (Fsp3) is 0.636. The summed E-state index contributed by atoms with van der Waals surface area (Å²) in [5.41, 5.74) is 1.72. The molecule has 0 aliphatic carbocycles. The molecular formula is C22H32N4O3S. The van der Waals surface area contributed by atoms with Crippen LogP contribution in [0, 0.1) is 17.2 Å². The predicted molar refractivity (Wildman–Crippen MR) is 118 cm³/mol. The molecule has 164 valence electrons. The second-order valence-electron chi connectivity index (χ2n) is 8.17. The van der Waals surface area contributed by atoms with Gasteiger partial charge < -0.3 is 9.80 Å². The molecular weight excluding hydrogens is 400 g/mol. The molecule has 0 radical (unpaired) electrons. The zero-order valence-corrected chi connectivity index (χ0v) is 18.6. The zero-order valence-electron chi connectivity index (χ0n) is 17.8. The van der Waals surface area contributed by atoms with E-state index in [2.05, 4.69) is 11.0 Å². The van der Waals surface area contributed by atoms with E-state index in [0.29, 0.717) is 44.5 Å². The first-order valence-electron chi connectivity index (χ1n) is 11.0. The van der Waals surface area contributed by atoms with Crippen molar-refractivity contribution in [3.05, 3.63) is 29.8 Å². The Hall–Kier alpha value is -2.11. The number of unbranched alkanes of at least 4 members (excludes halogenated alkanes) is 1. The largest absolute Gasteiger partial charge is 0.370 e. The Morgan fingerprint density at radius 3 is 2.40 bits per heavy atom. The highest BCUT2D eigenvalue weighted by molar-refractivity contribution is 7.89. The van der Waals surface area contributed by atoms with Gasteiger partial charge in [-0.1, -0.05) is 13.3 Å². The maximum atomic E-state index is 13.1. The van der Waals surface area contributed by atoms with Gasteiger partial charge in [-0.05, 0) is 49.9 Å². The smallest absolute Gasteiger partial charge is 0.225 e. The number of hydrogen-bond donors (Lipinski definition) is 0. The lowest BCUT2D eigenvalue weighted by Crippen LogP contribution is -2.45. The van der Waals surface area contributed by atoms with Crippen LogP contribution in [-0.4, -0.2) is 68.6 Å². The summed E-state index contributed by atoms with van der Waals surface area (Å²) < 4.78 is 26.3. The highest BCUT2D eigenvalue weighted by Crippen LogP contribution is 2.24. The fourth-order valence-electron chi connectivity index (χ4n) is 4.24. The summed E-state index contributed by atoms with van der Waals surface area (Å²) in [6.45, 7) is 5.95. The maximum absolute atomic E-state index is 13.1. The van der Waals surface area contributed by atoms with Gasteiger partial charge in [-0.15, -0.1) is 0 Å². The minimum absolute atomic E-state index is 0.0795. The van der Waals surface area contributed by atoms with E-state index in [4.69, 9.17) is 5.26 Å². The van der Waals surface area contributed by atoms with Crippen molar-refractivity contribution in [3.8, 4) is 6.07 Å². The zero-order chi connectivity index (χ0) is 21.6. The molecule has 2 fully saturated rings. The molecule has 0 spiro atoms. The molecule has 0 atom stereocenters. The minimum Gasteiger partial charge on any atom is -0.370 e. The summed E-state index contributed by atoms with van der Waals surface area (Å²) in [7, 11) is -3.19. The number of nitrogens with zero attached hydrogens (tertiary/aromatic N) is 4. The highest BCUT2D eigenvalue weighted by Gasteiger charge is 2.33.